The number of hydrogen-bond acceptors (Lipinski definition) is 5. The van der Waals surface area contributed by atoms with Crippen molar-refractivity contribution in [2.24, 2.45) is 5.73 Å². The van der Waals surface area contributed by atoms with Crippen LogP contribution in [0.4, 0.5) is 0 Å². The molecule has 0 bridgehead atoms. The number of nitrogens with one attached hydrogen (secondary N) is 1. The highest BCUT2D eigenvalue weighted by atomic mass is 32.1. The minimum Gasteiger partial charge on any atom is -0.496 e. The lowest BCUT2D eigenvalue weighted by atomic mass is 10.1. The van der Waals surface area contributed by atoms with Crippen LogP contribution in [-0.4, -0.2) is 29.9 Å². The number of amidine groups is 1. The molecule has 1 heterocycles. The molecule has 0 aliphatic carbocycles. The van der Waals surface area contributed by atoms with E-state index in [4.69, 9.17) is 15.9 Å². The Morgan fingerprint density at radius 2 is 2.19 bits per heavy atom. The second-order valence-corrected chi connectivity index (χ2v) is 5.92. The maximum Gasteiger partial charge on any atom is 0.130 e. The quantitative estimate of drug-likeness (QED) is 0.634. The number of nitrogens with zero attached hydrogens (tertiary/aromatic N) is 2. The first kappa shape index (κ1) is 15.5. The first-order valence-electron chi connectivity index (χ1n) is 6.60. The van der Waals surface area contributed by atoms with E-state index in [1.807, 2.05) is 30.6 Å². The van der Waals surface area contributed by atoms with Gasteiger partial charge < -0.3 is 10.5 Å². The molecule has 0 aliphatic rings. The molecule has 112 valence electrons. The Morgan fingerprint density at radius 3 is 2.76 bits per heavy atom. The maximum atomic E-state index is 7.53. The van der Waals surface area contributed by atoms with E-state index in [0.29, 0.717) is 11.3 Å². The van der Waals surface area contributed by atoms with Gasteiger partial charge in [-0.25, -0.2) is 4.98 Å². The summed E-state index contributed by atoms with van der Waals surface area (Å²) in [7, 11) is 3.67. The van der Waals surface area contributed by atoms with E-state index in [1.54, 1.807) is 18.4 Å². The predicted octanol–water partition coefficient (Wildman–Crippen LogP) is 2.38. The van der Waals surface area contributed by atoms with Crippen LogP contribution in [0, 0.1) is 12.3 Å². The Kier molecular flexibility index (Phi) is 4.93. The van der Waals surface area contributed by atoms with Crippen molar-refractivity contribution in [3.8, 4) is 5.75 Å². The molecule has 0 unspecified atom stereocenters. The summed E-state index contributed by atoms with van der Waals surface area (Å²) in [5, 5.41) is 7.53. The lowest BCUT2D eigenvalue weighted by Gasteiger charge is -2.17. The van der Waals surface area contributed by atoms with Gasteiger partial charge in [-0.1, -0.05) is 6.07 Å². The molecule has 0 saturated carbocycles. The molecule has 0 saturated heterocycles. The summed E-state index contributed by atoms with van der Waals surface area (Å²) in [5.74, 6) is 0.661. The molecule has 2 rings (SSSR count). The van der Waals surface area contributed by atoms with Crippen molar-refractivity contribution in [1.82, 2.24) is 9.88 Å². The second-order valence-electron chi connectivity index (χ2n) is 4.98. The Bertz CT molecular complexity index is 638. The fraction of sp³-hybridized carbons (Fsp3) is 0.333. The van der Waals surface area contributed by atoms with E-state index < -0.39 is 0 Å². The lowest BCUT2D eigenvalue weighted by molar-refractivity contribution is 0.320. The minimum absolute atomic E-state index is 0.0204. The van der Waals surface area contributed by atoms with Crippen LogP contribution < -0.4 is 10.5 Å². The molecule has 1 aromatic heterocycles. The monoisotopic (exact) mass is 304 g/mol. The van der Waals surface area contributed by atoms with Gasteiger partial charge in [0.1, 0.15) is 11.6 Å². The number of rotatable bonds is 6. The zero-order valence-electron chi connectivity index (χ0n) is 12.5. The van der Waals surface area contributed by atoms with Gasteiger partial charge in [-0.05, 0) is 31.7 Å². The summed E-state index contributed by atoms with van der Waals surface area (Å²) in [4.78, 5) is 7.78. The second kappa shape index (κ2) is 6.69. The molecule has 21 heavy (non-hydrogen) atoms. The fourth-order valence-electron chi connectivity index (χ4n) is 2.15. The molecule has 0 atom stereocenters. The van der Waals surface area contributed by atoms with Crippen LogP contribution >= 0.6 is 11.3 Å². The van der Waals surface area contributed by atoms with Gasteiger partial charge in [-0.15, -0.1) is 11.3 Å². The van der Waals surface area contributed by atoms with Gasteiger partial charge >= 0.3 is 0 Å². The van der Waals surface area contributed by atoms with Gasteiger partial charge in [0.05, 0.1) is 23.9 Å². The summed E-state index contributed by atoms with van der Waals surface area (Å²) in [6.45, 7) is 3.70. The molecule has 0 aliphatic heterocycles. The van der Waals surface area contributed by atoms with Crippen LogP contribution in [0.3, 0.4) is 0 Å². The summed E-state index contributed by atoms with van der Waals surface area (Å²) < 4.78 is 5.31. The molecule has 2 aromatic rings. The molecule has 3 N–H and O–H groups in total. The highest BCUT2D eigenvalue weighted by Crippen LogP contribution is 2.21. The van der Waals surface area contributed by atoms with Crippen molar-refractivity contribution < 1.29 is 4.74 Å². The van der Waals surface area contributed by atoms with Crippen molar-refractivity contribution in [3.63, 3.8) is 0 Å². The third-order valence-electron chi connectivity index (χ3n) is 3.27. The summed E-state index contributed by atoms with van der Waals surface area (Å²) >= 11 is 1.68. The summed E-state index contributed by atoms with van der Waals surface area (Å²) in [6.07, 6.45) is 0. The molecule has 1 aromatic carbocycles. The summed E-state index contributed by atoms with van der Waals surface area (Å²) in [6, 6.07) is 5.75. The van der Waals surface area contributed by atoms with Crippen molar-refractivity contribution in [1.29, 1.82) is 5.41 Å². The molecule has 0 fully saturated rings. The third-order valence-corrected chi connectivity index (χ3v) is 4.19. The first-order chi connectivity index (χ1) is 10.0. The molecule has 6 heteroatoms. The van der Waals surface area contributed by atoms with Gasteiger partial charge in [-0.2, -0.15) is 0 Å². The van der Waals surface area contributed by atoms with E-state index in [9.17, 15) is 0 Å². The van der Waals surface area contributed by atoms with Crippen molar-refractivity contribution >= 4 is 17.2 Å². The lowest BCUT2D eigenvalue weighted by Crippen LogP contribution is -2.18. The van der Waals surface area contributed by atoms with E-state index in [0.717, 1.165) is 24.3 Å². The third kappa shape index (κ3) is 3.80. The van der Waals surface area contributed by atoms with Crippen molar-refractivity contribution in [3.05, 3.63) is 45.4 Å². The standard InChI is InChI=1S/C15H20N4OS/c1-10-14(21-9-18-10)8-19(2)7-11-4-5-12(15(16)17)13(6-11)20-3/h4-6,9H,7-8H2,1-3H3,(H3,16,17). The van der Waals surface area contributed by atoms with Gasteiger partial charge in [0.15, 0.2) is 0 Å². The summed E-state index contributed by atoms with van der Waals surface area (Å²) in [5.41, 5.74) is 10.3. The molecule has 0 radical (unpaired) electrons. The fourth-order valence-corrected chi connectivity index (χ4v) is 3.00. The van der Waals surface area contributed by atoms with Gasteiger partial charge in [0, 0.05) is 18.0 Å². The minimum atomic E-state index is 0.0204. The highest BCUT2D eigenvalue weighted by molar-refractivity contribution is 7.09. The van der Waals surface area contributed by atoms with E-state index in [1.165, 1.54) is 4.88 Å². The number of nitrogen functional groups attached to an aromatic ring is 1. The zero-order valence-corrected chi connectivity index (χ0v) is 13.3. The normalized spacial score (nSPS) is 10.9. The SMILES string of the molecule is COc1cc(CN(C)Cc2scnc2C)ccc1C(=N)N. The number of aromatic nitrogens is 1. The predicted molar refractivity (Wildman–Crippen MR) is 86.0 cm³/mol. The molecule has 0 spiro atoms. The number of nitrogens with two attached hydrogens (primary N) is 1. The van der Waals surface area contributed by atoms with E-state index >= 15 is 0 Å². The van der Waals surface area contributed by atoms with Crippen molar-refractivity contribution in [2.45, 2.75) is 20.0 Å². The van der Waals surface area contributed by atoms with Crippen LogP contribution in [0.15, 0.2) is 23.7 Å². The average molecular weight is 304 g/mol. The number of hydrogen-bond donors (Lipinski definition) is 2. The Morgan fingerprint density at radius 1 is 1.43 bits per heavy atom. The molecule has 0 amide bonds. The van der Waals surface area contributed by atoms with Gasteiger partial charge in [-0.3, -0.25) is 10.3 Å². The number of ether oxygens (including phenoxy) is 1. The topological polar surface area (TPSA) is 75.2 Å². The van der Waals surface area contributed by atoms with E-state index in [2.05, 4.69) is 16.9 Å². The Hall–Kier alpha value is -1.92. The van der Waals surface area contributed by atoms with E-state index in [-0.39, 0.29) is 5.84 Å². The van der Waals surface area contributed by atoms with Crippen LogP contribution in [0.1, 0.15) is 21.7 Å². The maximum absolute atomic E-state index is 7.53. The first-order valence-corrected chi connectivity index (χ1v) is 7.48. The van der Waals surface area contributed by atoms with Crippen LogP contribution in [0.25, 0.3) is 0 Å². The largest absolute Gasteiger partial charge is 0.496 e. The van der Waals surface area contributed by atoms with Crippen LogP contribution in [0.2, 0.25) is 0 Å². The number of aryl methyl sites for hydroxylation is 1. The molecule has 5 nitrogen and oxygen atoms in total. The van der Waals surface area contributed by atoms with Gasteiger partial charge in [0.2, 0.25) is 0 Å². The van der Waals surface area contributed by atoms with Crippen LogP contribution in [-0.2, 0) is 13.1 Å². The smallest absolute Gasteiger partial charge is 0.130 e. The molecular formula is C15H20N4OS. The zero-order chi connectivity index (χ0) is 15.4. The number of thiazole rings is 1. The molecular weight excluding hydrogens is 284 g/mol. The van der Waals surface area contributed by atoms with Gasteiger partial charge in [0.25, 0.3) is 0 Å². The number of methoxy groups -OCH3 is 1. The number of benzene rings is 1. The highest BCUT2D eigenvalue weighted by Gasteiger charge is 2.10. The Labute approximate surface area is 128 Å². The van der Waals surface area contributed by atoms with Crippen molar-refractivity contribution in [2.75, 3.05) is 14.2 Å². The van der Waals surface area contributed by atoms with Crippen LogP contribution in [0.5, 0.6) is 5.75 Å². The average Bonchev–Trinajstić information content (AvgIpc) is 2.83. The Balaban J connectivity index is 2.09.